The van der Waals surface area contributed by atoms with Crippen LogP contribution >= 0.6 is 0 Å². The number of amides is 1. The van der Waals surface area contributed by atoms with Gasteiger partial charge < -0.3 is 19.5 Å². The Morgan fingerprint density at radius 3 is 2.79 bits per heavy atom. The van der Waals surface area contributed by atoms with Gasteiger partial charge in [0.1, 0.15) is 11.6 Å². The highest BCUT2D eigenvalue weighted by atomic mass is 16.5. The average molecular weight is 380 g/mol. The molecule has 3 rings (SSSR count). The Kier molecular flexibility index (Phi) is 6.66. The molecule has 0 aliphatic rings. The van der Waals surface area contributed by atoms with Gasteiger partial charge in [0.25, 0.3) is 5.91 Å². The maximum atomic E-state index is 12.5. The number of hydrogen-bond acceptors (Lipinski definition) is 4. The second kappa shape index (κ2) is 9.37. The third kappa shape index (κ3) is 4.89. The number of nitrogens with one attached hydrogen (secondary N) is 1. The zero-order valence-corrected chi connectivity index (χ0v) is 16.8. The van der Waals surface area contributed by atoms with E-state index in [4.69, 9.17) is 9.72 Å². The summed E-state index contributed by atoms with van der Waals surface area (Å²) in [5, 5.41) is 2.99. The molecule has 28 heavy (non-hydrogen) atoms. The third-order valence-electron chi connectivity index (χ3n) is 4.55. The number of fused-ring (bicyclic) bond motifs is 1. The molecule has 3 aromatic rings. The van der Waals surface area contributed by atoms with Crippen LogP contribution in [0.15, 0.2) is 48.5 Å². The predicted octanol–water partition coefficient (Wildman–Crippen LogP) is 2.97. The van der Waals surface area contributed by atoms with E-state index in [0.717, 1.165) is 29.9 Å². The summed E-state index contributed by atoms with van der Waals surface area (Å²) in [6.07, 6.45) is 0.680. The van der Waals surface area contributed by atoms with E-state index in [9.17, 15) is 4.79 Å². The van der Waals surface area contributed by atoms with E-state index in [-0.39, 0.29) is 5.91 Å². The number of para-hydroxylation sites is 2. The fourth-order valence-electron chi connectivity index (χ4n) is 3.15. The largest absolute Gasteiger partial charge is 0.494 e. The molecule has 2 aromatic carbocycles. The third-order valence-corrected chi connectivity index (χ3v) is 4.55. The number of imidazole rings is 1. The molecule has 0 fully saturated rings. The van der Waals surface area contributed by atoms with E-state index in [2.05, 4.69) is 34.9 Å². The first kappa shape index (κ1) is 19.9. The van der Waals surface area contributed by atoms with Gasteiger partial charge in [-0.15, -0.1) is 0 Å². The minimum Gasteiger partial charge on any atom is -0.494 e. The summed E-state index contributed by atoms with van der Waals surface area (Å²) in [5.41, 5.74) is 2.73. The van der Waals surface area contributed by atoms with Gasteiger partial charge in [0, 0.05) is 31.6 Å². The van der Waals surface area contributed by atoms with Crippen molar-refractivity contribution < 1.29 is 9.53 Å². The van der Waals surface area contributed by atoms with Crippen LogP contribution in [-0.4, -0.2) is 54.1 Å². The highest BCUT2D eigenvalue weighted by molar-refractivity contribution is 5.94. The maximum absolute atomic E-state index is 12.5. The number of rotatable bonds is 9. The lowest BCUT2D eigenvalue weighted by atomic mass is 10.2. The molecule has 1 heterocycles. The number of carbonyl (C=O) groups is 1. The fraction of sp³-hybridized carbons (Fsp3) is 0.364. The highest BCUT2D eigenvalue weighted by Gasteiger charge is 2.12. The number of hydrogen-bond donors (Lipinski definition) is 1. The van der Waals surface area contributed by atoms with Crippen molar-refractivity contribution in [3.63, 3.8) is 0 Å². The van der Waals surface area contributed by atoms with Crippen molar-refractivity contribution in [2.24, 2.45) is 0 Å². The lowest BCUT2D eigenvalue weighted by Gasteiger charge is -2.13. The Morgan fingerprint density at radius 1 is 1.18 bits per heavy atom. The highest BCUT2D eigenvalue weighted by Crippen LogP contribution is 2.17. The van der Waals surface area contributed by atoms with Gasteiger partial charge in [-0.3, -0.25) is 4.79 Å². The number of likely N-dealkylation sites (N-methyl/N-ethyl adjacent to an activating group) is 1. The molecular weight excluding hydrogens is 352 g/mol. The topological polar surface area (TPSA) is 59.4 Å². The summed E-state index contributed by atoms with van der Waals surface area (Å²) in [6, 6.07) is 15.4. The van der Waals surface area contributed by atoms with Crippen LogP contribution in [0.2, 0.25) is 0 Å². The molecular formula is C22H28N4O2. The van der Waals surface area contributed by atoms with E-state index >= 15 is 0 Å². The van der Waals surface area contributed by atoms with Crippen molar-refractivity contribution in [2.75, 3.05) is 33.8 Å². The molecule has 148 valence electrons. The Hall–Kier alpha value is -2.86. The van der Waals surface area contributed by atoms with Gasteiger partial charge in [-0.1, -0.05) is 18.2 Å². The number of benzene rings is 2. The molecule has 0 spiro atoms. The summed E-state index contributed by atoms with van der Waals surface area (Å²) in [7, 11) is 4.13. The summed E-state index contributed by atoms with van der Waals surface area (Å²) < 4.78 is 7.72. The van der Waals surface area contributed by atoms with E-state index in [1.165, 1.54) is 0 Å². The second-order valence-corrected chi connectivity index (χ2v) is 6.94. The van der Waals surface area contributed by atoms with Crippen molar-refractivity contribution in [2.45, 2.75) is 19.9 Å². The molecule has 0 atom stereocenters. The maximum Gasteiger partial charge on any atom is 0.251 e. The number of nitrogens with zero attached hydrogens (tertiary/aromatic N) is 3. The Balaban J connectivity index is 1.67. The van der Waals surface area contributed by atoms with Crippen LogP contribution in [0, 0.1) is 0 Å². The molecule has 1 amide bonds. The van der Waals surface area contributed by atoms with Gasteiger partial charge in [-0.05, 0) is 51.4 Å². The van der Waals surface area contributed by atoms with Gasteiger partial charge in [0.15, 0.2) is 0 Å². The number of ether oxygens (including phenoxy) is 1. The smallest absolute Gasteiger partial charge is 0.251 e. The lowest BCUT2D eigenvalue weighted by molar-refractivity contribution is 0.0953. The van der Waals surface area contributed by atoms with E-state index in [1.807, 2.05) is 37.3 Å². The predicted molar refractivity (Wildman–Crippen MR) is 112 cm³/mol. The molecule has 0 aliphatic carbocycles. The van der Waals surface area contributed by atoms with E-state index < -0.39 is 0 Å². The molecule has 0 aliphatic heterocycles. The zero-order valence-electron chi connectivity index (χ0n) is 16.8. The molecule has 0 unspecified atom stereocenters. The first-order chi connectivity index (χ1) is 13.6. The summed E-state index contributed by atoms with van der Waals surface area (Å²) in [6.45, 7) is 4.84. The van der Waals surface area contributed by atoms with Gasteiger partial charge in [-0.2, -0.15) is 0 Å². The van der Waals surface area contributed by atoms with E-state index in [1.54, 1.807) is 12.1 Å². The van der Waals surface area contributed by atoms with Crippen molar-refractivity contribution >= 4 is 16.9 Å². The lowest BCUT2D eigenvalue weighted by Crippen LogP contribution is -2.27. The summed E-state index contributed by atoms with van der Waals surface area (Å²) in [5.74, 6) is 1.60. The normalized spacial score (nSPS) is 11.1. The van der Waals surface area contributed by atoms with Crippen molar-refractivity contribution in [1.82, 2.24) is 19.8 Å². The van der Waals surface area contributed by atoms with Gasteiger partial charge in [-0.25, -0.2) is 4.98 Å². The van der Waals surface area contributed by atoms with Crippen LogP contribution in [0.25, 0.3) is 11.0 Å². The monoisotopic (exact) mass is 380 g/mol. The Morgan fingerprint density at radius 2 is 2.00 bits per heavy atom. The Labute approximate surface area is 166 Å². The molecule has 0 radical (unpaired) electrons. The minimum absolute atomic E-state index is 0.0995. The molecule has 1 aromatic heterocycles. The first-order valence-corrected chi connectivity index (χ1v) is 9.68. The van der Waals surface area contributed by atoms with E-state index in [0.29, 0.717) is 30.9 Å². The summed E-state index contributed by atoms with van der Waals surface area (Å²) in [4.78, 5) is 19.4. The fourth-order valence-corrected chi connectivity index (χ4v) is 3.15. The minimum atomic E-state index is -0.0995. The van der Waals surface area contributed by atoms with Gasteiger partial charge >= 0.3 is 0 Å². The number of carbonyl (C=O) groups excluding carboxylic acids is 1. The average Bonchev–Trinajstić information content (AvgIpc) is 3.04. The first-order valence-electron chi connectivity index (χ1n) is 9.68. The van der Waals surface area contributed by atoms with Crippen LogP contribution in [0.5, 0.6) is 5.75 Å². The van der Waals surface area contributed by atoms with Gasteiger partial charge in [0.2, 0.25) is 0 Å². The zero-order chi connectivity index (χ0) is 19.9. The standard InChI is InChI=1S/C22H28N4O2/c1-4-28-18-9-7-8-17(16-18)22(27)23-13-12-21-24-19-10-5-6-11-20(19)26(21)15-14-25(2)3/h5-11,16H,4,12-15H2,1-3H3,(H,23,27). The molecule has 0 saturated carbocycles. The van der Waals surface area contributed by atoms with Crippen LogP contribution in [0.1, 0.15) is 23.1 Å². The van der Waals surface area contributed by atoms with Crippen LogP contribution in [0.4, 0.5) is 0 Å². The molecule has 6 nitrogen and oxygen atoms in total. The second-order valence-electron chi connectivity index (χ2n) is 6.94. The van der Waals surface area contributed by atoms with Gasteiger partial charge in [0.05, 0.1) is 17.6 Å². The van der Waals surface area contributed by atoms with Crippen LogP contribution < -0.4 is 10.1 Å². The number of aromatic nitrogens is 2. The molecule has 0 saturated heterocycles. The SMILES string of the molecule is CCOc1cccc(C(=O)NCCc2nc3ccccc3n2CCN(C)C)c1. The van der Waals surface area contributed by atoms with Crippen molar-refractivity contribution in [1.29, 1.82) is 0 Å². The van der Waals surface area contributed by atoms with Crippen LogP contribution in [-0.2, 0) is 13.0 Å². The van der Waals surface area contributed by atoms with Crippen LogP contribution in [0.3, 0.4) is 0 Å². The summed E-state index contributed by atoms with van der Waals surface area (Å²) >= 11 is 0. The van der Waals surface area contributed by atoms with Crippen molar-refractivity contribution in [3.8, 4) is 5.75 Å². The molecule has 6 heteroatoms. The molecule has 0 bridgehead atoms. The molecule has 1 N–H and O–H groups in total. The Bertz CT molecular complexity index is 933. The van der Waals surface area contributed by atoms with Crippen molar-refractivity contribution in [3.05, 3.63) is 59.9 Å². The quantitative estimate of drug-likeness (QED) is 0.620.